The van der Waals surface area contributed by atoms with Crippen molar-refractivity contribution in [3.05, 3.63) is 47.3 Å². The maximum atomic E-state index is 12.3. The van der Waals surface area contributed by atoms with E-state index in [4.69, 9.17) is 4.42 Å². The maximum Gasteiger partial charge on any atom is 0.325 e. The predicted octanol–water partition coefficient (Wildman–Crippen LogP) is 3.27. The van der Waals surface area contributed by atoms with Crippen LogP contribution in [0, 0.1) is 19.8 Å². The number of rotatable bonds is 3. The Bertz CT molecular complexity index is 671. The minimum atomic E-state index is -0.478. The monoisotopic (exact) mass is 329 g/mol. The van der Waals surface area contributed by atoms with Gasteiger partial charge in [-0.15, -0.1) is 0 Å². The molecule has 24 heavy (non-hydrogen) atoms. The van der Waals surface area contributed by atoms with E-state index in [2.05, 4.69) is 10.3 Å². The Kier molecular flexibility index (Phi) is 4.85. The number of anilines is 1. The summed E-state index contributed by atoms with van der Waals surface area (Å²) in [5.41, 5.74) is 1.71. The molecule has 1 unspecified atom stereocenters. The van der Waals surface area contributed by atoms with Crippen molar-refractivity contribution < 1.29 is 14.3 Å². The van der Waals surface area contributed by atoms with Crippen LogP contribution in [0.25, 0.3) is 0 Å². The summed E-state index contributed by atoms with van der Waals surface area (Å²) in [5.74, 6) is 0.873. The molecule has 6 nitrogen and oxygen atoms in total. The number of nitrogens with one attached hydrogen (secondary N) is 1. The number of piperidine rings is 1. The summed E-state index contributed by atoms with van der Waals surface area (Å²) in [6.45, 7) is 4.87. The summed E-state index contributed by atoms with van der Waals surface area (Å²) in [7, 11) is 0. The van der Waals surface area contributed by atoms with E-state index in [-0.39, 0.29) is 18.0 Å². The van der Waals surface area contributed by atoms with E-state index in [1.807, 2.05) is 44.2 Å². The molecular formula is C18H23N3O3. The first kappa shape index (κ1) is 16.5. The molecule has 1 aliphatic rings. The summed E-state index contributed by atoms with van der Waals surface area (Å²) in [6, 6.07) is 9.72. The molecule has 0 spiro atoms. The van der Waals surface area contributed by atoms with Gasteiger partial charge in [0.25, 0.3) is 0 Å². The minimum Gasteiger partial charge on any atom is -0.428 e. The molecule has 1 fully saturated rings. The molecule has 1 aromatic carbocycles. The highest BCUT2D eigenvalue weighted by molar-refractivity contribution is 5.87. The minimum absolute atomic E-state index is 0.169. The Morgan fingerprint density at radius 2 is 1.96 bits per heavy atom. The summed E-state index contributed by atoms with van der Waals surface area (Å²) in [4.78, 5) is 18.2. The van der Waals surface area contributed by atoms with Crippen LogP contribution < -0.4 is 5.32 Å². The van der Waals surface area contributed by atoms with Gasteiger partial charge in [-0.05, 0) is 38.2 Å². The van der Waals surface area contributed by atoms with Crippen LogP contribution in [0.1, 0.15) is 36.0 Å². The first-order valence-corrected chi connectivity index (χ1v) is 8.27. The van der Waals surface area contributed by atoms with E-state index in [0.29, 0.717) is 18.8 Å². The predicted molar refractivity (Wildman–Crippen MR) is 90.7 cm³/mol. The summed E-state index contributed by atoms with van der Waals surface area (Å²) in [6.07, 6.45) is 1.06. The smallest absolute Gasteiger partial charge is 0.325 e. The van der Waals surface area contributed by atoms with E-state index < -0.39 is 6.10 Å². The molecule has 2 aromatic rings. The van der Waals surface area contributed by atoms with Gasteiger partial charge in [-0.25, -0.2) is 4.79 Å². The zero-order valence-electron chi connectivity index (χ0n) is 14.0. The Labute approximate surface area is 141 Å². The van der Waals surface area contributed by atoms with Crippen molar-refractivity contribution in [1.82, 2.24) is 9.88 Å². The van der Waals surface area contributed by atoms with Gasteiger partial charge in [-0.2, -0.15) is 4.98 Å². The average Bonchev–Trinajstić information content (AvgIpc) is 2.92. The third kappa shape index (κ3) is 3.59. The molecule has 128 valence electrons. The molecule has 0 radical (unpaired) electrons. The Morgan fingerprint density at radius 1 is 1.29 bits per heavy atom. The van der Waals surface area contributed by atoms with Crippen LogP contribution in [0.15, 0.2) is 34.7 Å². The number of aryl methyl sites for hydroxylation is 2. The zero-order valence-corrected chi connectivity index (χ0v) is 14.0. The molecule has 6 heteroatoms. The fourth-order valence-corrected chi connectivity index (χ4v) is 3.04. The van der Waals surface area contributed by atoms with Gasteiger partial charge in [-0.1, -0.05) is 30.3 Å². The maximum absolute atomic E-state index is 12.3. The van der Waals surface area contributed by atoms with Gasteiger partial charge in [0.05, 0.1) is 11.8 Å². The van der Waals surface area contributed by atoms with Crippen molar-refractivity contribution in [3.8, 4) is 0 Å². The van der Waals surface area contributed by atoms with E-state index in [0.717, 1.165) is 24.1 Å². The highest BCUT2D eigenvalue weighted by Crippen LogP contribution is 2.30. The van der Waals surface area contributed by atoms with Crippen LogP contribution in [0.5, 0.6) is 0 Å². The molecule has 0 bridgehead atoms. The van der Waals surface area contributed by atoms with Gasteiger partial charge in [-0.3, -0.25) is 5.32 Å². The average molecular weight is 329 g/mol. The van der Waals surface area contributed by atoms with Gasteiger partial charge in [0.1, 0.15) is 5.76 Å². The first-order chi connectivity index (χ1) is 11.5. The molecule has 0 aliphatic carbocycles. The molecule has 2 heterocycles. The topological polar surface area (TPSA) is 78.6 Å². The summed E-state index contributed by atoms with van der Waals surface area (Å²) < 4.78 is 5.38. The van der Waals surface area contributed by atoms with Gasteiger partial charge < -0.3 is 14.4 Å². The van der Waals surface area contributed by atoms with Crippen molar-refractivity contribution in [3.63, 3.8) is 0 Å². The number of hydrogen-bond donors (Lipinski definition) is 2. The van der Waals surface area contributed by atoms with Gasteiger partial charge >= 0.3 is 12.0 Å². The lowest BCUT2D eigenvalue weighted by Crippen LogP contribution is -2.42. The number of aliphatic hydroxyl groups is 1. The van der Waals surface area contributed by atoms with Crippen molar-refractivity contribution in [2.45, 2.75) is 32.8 Å². The molecule has 1 aromatic heterocycles. The van der Waals surface area contributed by atoms with Crippen molar-refractivity contribution >= 4 is 12.0 Å². The number of carbonyl (C=O) groups excluding carboxylic acids is 1. The first-order valence-electron chi connectivity index (χ1n) is 8.27. The second-order valence-corrected chi connectivity index (χ2v) is 6.27. The Balaban J connectivity index is 1.54. The molecule has 2 amide bonds. The lowest BCUT2D eigenvalue weighted by atomic mass is 9.87. The lowest BCUT2D eigenvalue weighted by molar-refractivity contribution is 0.0682. The third-order valence-electron chi connectivity index (χ3n) is 4.66. The van der Waals surface area contributed by atoms with Gasteiger partial charge in [0, 0.05) is 13.1 Å². The van der Waals surface area contributed by atoms with E-state index in [1.54, 1.807) is 4.90 Å². The second-order valence-electron chi connectivity index (χ2n) is 6.27. The van der Waals surface area contributed by atoms with Crippen LogP contribution in [0.3, 0.4) is 0 Å². The molecule has 1 aliphatic heterocycles. The highest BCUT2D eigenvalue weighted by atomic mass is 16.4. The fourth-order valence-electron chi connectivity index (χ4n) is 3.04. The van der Waals surface area contributed by atoms with Crippen molar-refractivity contribution in [1.29, 1.82) is 0 Å². The number of oxazole rings is 1. The highest BCUT2D eigenvalue weighted by Gasteiger charge is 2.28. The molecule has 1 atom stereocenters. The number of aliphatic hydroxyl groups excluding tert-OH is 1. The zero-order chi connectivity index (χ0) is 17.1. The molecular weight excluding hydrogens is 306 g/mol. The van der Waals surface area contributed by atoms with Crippen LogP contribution in [0.2, 0.25) is 0 Å². The Morgan fingerprint density at radius 3 is 2.54 bits per heavy atom. The quantitative estimate of drug-likeness (QED) is 0.906. The number of likely N-dealkylation sites (tertiary alicyclic amines) is 1. The Hall–Kier alpha value is -2.34. The fraction of sp³-hybridized carbons (Fsp3) is 0.444. The van der Waals surface area contributed by atoms with Crippen LogP contribution in [-0.4, -0.2) is 34.1 Å². The summed E-state index contributed by atoms with van der Waals surface area (Å²) >= 11 is 0. The van der Waals surface area contributed by atoms with Crippen molar-refractivity contribution in [2.24, 2.45) is 5.92 Å². The summed E-state index contributed by atoms with van der Waals surface area (Å²) in [5, 5.41) is 13.2. The third-order valence-corrected chi connectivity index (χ3v) is 4.66. The number of amides is 2. The van der Waals surface area contributed by atoms with Gasteiger partial charge in [0.2, 0.25) is 0 Å². The number of hydrogen-bond acceptors (Lipinski definition) is 4. The van der Waals surface area contributed by atoms with Crippen molar-refractivity contribution in [2.75, 3.05) is 18.4 Å². The van der Waals surface area contributed by atoms with Crippen LogP contribution >= 0.6 is 0 Å². The van der Waals surface area contributed by atoms with Crippen LogP contribution in [-0.2, 0) is 0 Å². The lowest BCUT2D eigenvalue weighted by Gasteiger charge is -2.34. The van der Waals surface area contributed by atoms with Crippen LogP contribution in [0.4, 0.5) is 10.8 Å². The number of nitrogens with zero attached hydrogens (tertiary/aromatic N) is 2. The number of benzene rings is 1. The molecule has 2 N–H and O–H groups in total. The standard InChI is InChI=1S/C18H23N3O3/c1-12-13(2)24-17(19-12)20-18(23)21-10-8-15(9-11-21)16(22)14-6-4-3-5-7-14/h3-7,15-16,22H,8-11H2,1-2H3,(H,19,20,23). The SMILES string of the molecule is Cc1nc(NC(=O)N2CCC(C(O)c3ccccc3)CC2)oc1C. The van der Waals surface area contributed by atoms with E-state index in [9.17, 15) is 9.90 Å². The number of urea groups is 1. The normalized spacial score (nSPS) is 16.9. The second kappa shape index (κ2) is 7.05. The molecule has 0 saturated carbocycles. The molecule has 1 saturated heterocycles. The van der Waals surface area contributed by atoms with E-state index >= 15 is 0 Å². The van der Waals surface area contributed by atoms with Gasteiger partial charge in [0.15, 0.2) is 0 Å². The number of aromatic nitrogens is 1. The molecule has 3 rings (SSSR count). The van der Waals surface area contributed by atoms with E-state index in [1.165, 1.54) is 0 Å². The largest absolute Gasteiger partial charge is 0.428 e. The number of carbonyl (C=O) groups is 1.